The molecule has 2 N–H and O–H groups in total. The number of nitrogens with one attached hydrogen (secondary N) is 2. The second-order valence-corrected chi connectivity index (χ2v) is 5.94. The highest BCUT2D eigenvalue weighted by Gasteiger charge is 2.07. The number of anilines is 1. The van der Waals surface area contributed by atoms with Gasteiger partial charge in [-0.2, -0.15) is 0 Å². The van der Waals surface area contributed by atoms with Gasteiger partial charge in [-0.25, -0.2) is 4.98 Å². The Hall–Kier alpha value is -1.78. The first-order chi connectivity index (χ1) is 11.1. The highest BCUT2D eigenvalue weighted by molar-refractivity contribution is 6.35. The summed E-state index contributed by atoms with van der Waals surface area (Å²) in [6.45, 7) is 3.46. The van der Waals surface area contributed by atoms with Crippen LogP contribution in [0.3, 0.4) is 0 Å². The molecule has 0 aliphatic heterocycles. The lowest BCUT2D eigenvalue weighted by Gasteiger charge is -2.08. The number of benzene rings is 1. The summed E-state index contributed by atoms with van der Waals surface area (Å²) in [5.41, 5.74) is 2.26. The lowest BCUT2D eigenvalue weighted by Crippen LogP contribution is -2.26. The lowest BCUT2D eigenvalue weighted by molar-refractivity contribution is 0.0949. The molecular formula is C17H19Cl2N3O. The second kappa shape index (κ2) is 8.75. The number of carbonyl (C=O) groups is 1. The zero-order valence-electron chi connectivity index (χ0n) is 12.9. The highest BCUT2D eigenvalue weighted by atomic mass is 35.5. The van der Waals surface area contributed by atoms with Crippen LogP contribution in [0.4, 0.5) is 5.69 Å². The van der Waals surface area contributed by atoms with Crippen molar-refractivity contribution in [2.45, 2.75) is 19.8 Å². The summed E-state index contributed by atoms with van der Waals surface area (Å²) >= 11 is 12.0. The standard InChI is InChI=1S/C17H19Cl2N3O/c1-2-8-20-14-5-6-16(22-11-14)17(23)21-9-7-12-3-4-13(18)10-15(12)19/h3-6,10-11,20H,2,7-9H2,1H3,(H,21,23). The minimum Gasteiger partial charge on any atom is -0.384 e. The first kappa shape index (κ1) is 17.6. The largest absolute Gasteiger partial charge is 0.384 e. The molecule has 1 aromatic heterocycles. The van der Waals surface area contributed by atoms with Crippen LogP contribution in [0.5, 0.6) is 0 Å². The van der Waals surface area contributed by atoms with Crippen LogP contribution in [0.25, 0.3) is 0 Å². The van der Waals surface area contributed by atoms with Gasteiger partial charge in [0.2, 0.25) is 0 Å². The molecule has 122 valence electrons. The molecule has 2 aromatic rings. The Morgan fingerprint density at radius 3 is 2.65 bits per heavy atom. The van der Waals surface area contributed by atoms with Crippen LogP contribution < -0.4 is 10.6 Å². The third-order valence-electron chi connectivity index (χ3n) is 3.27. The molecule has 1 amide bonds. The molecule has 4 nitrogen and oxygen atoms in total. The van der Waals surface area contributed by atoms with Crippen molar-refractivity contribution in [3.8, 4) is 0 Å². The number of rotatable bonds is 7. The number of hydrogen-bond donors (Lipinski definition) is 2. The number of nitrogens with zero attached hydrogens (tertiary/aromatic N) is 1. The van der Waals surface area contributed by atoms with Gasteiger partial charge in [-0.1, -0.05) is 36.2 Å². The van der Waals surface area contributed by atoms with E-state index in [-0.39, 0.29) is 5.91 Å². The first-order valence-electron chi connectivity index (χ1n) is 7.52. The smallest absolute Gasteiger partial charge is 0.269 e. The van der Waals surface area contributed by atoms with Gasteiger partial charge in [0.15, 0.2) is 0 Å². The Labute approximate surface area is 146 Å². The maximum absolute atomic E-state index is 12.1. The number of halogens is 2. The van der Waals surface area contributed by atoms with Gasteiger partial charge in [0, 0.05) is 23.1 Å². The minimum absolute atomic E-state index is 0.197. The van der Waals surface area contributed by atoms with Crippen LogP contribution in [-0.2, 0) is 6.42 Å². The average molecular weight is 352 g/mol. The van der Waals surface area contributed by atoms with Gasteiger partial charge < -0.3 is 10.6 Å². The van der Waals surface area contributed by atoms with E-state index in [0.29, 0.717) is 28.7 Å². The summed E-state index contributed by atoms with van der Waals surface area (Å²) in [5, 5.41) is 7.26. The molecule has 2 rings (SSSR count). The molecule has 0 saturated heterocycles. The zero-order chi connectivity index (χ0) is 16.7. The molecule has 0 unspecified atom stereocenters. The lowest BCUT2D eigenvalue weighted by atomic mass is 10.1. The Bertz CT molecular complexity index is 659. The Balaban J connectivity index is 1.84. The molecule has 0 aliphatic carbocycles. The topological polar surface area (TPSA) is 54.0 Å². The van der Waals surface area contributed by atoms with Crippen molar-refractivity contribution in [3.05, 3.63) is 57.8 Å². The van der Waals surface area contributed by atoms with Crippen molar-refractivity contribution >= 4 is 34.8 Å². The van der Waals surface area contributed by atoms with E-state index in [1.165, 1.54) is 0 Å². The summed E-state index contributed by atoms with van der Waals surface area (Å²) in [6.07, 6.45) is 3.34. The van der Waals surface area contributed by atoms with E-state index in [1.807, 2.05) is 12.1 Å². The number of carbonyl (C=O) groups excluding carboxylic acids is 1. The number of aromatic nitrogens is 1. The molecule has 0 aliphatic rings. The fourth-order valence-corrected chi connectivity index (χ4v) is 2.53. The van der Waals surface area contributed by atoms with Crippen molar-refractivity contribution in [2.24, 2.45) is 0 Å². The van der Waals surface area contributed by atoms with Gasteiger partial charge in [0.05, 0.1) is 11.9 Å². The average Bonchev–Trinajstić information content (AvgIpc) is 2.55. The summed E-state index contributed by atoms with van der Waals surface area (Å²) in [7, 11) is 0. The molecule has 6 heteroatoms. The Morgan fingerprint density at radius 2 is 2.00 bits per heavy atom. The van der Waals surface area contributed by atoms with Crippen molar-refractivity contribution in [1.82, 2.24) is 10.3 Å². The first-order valence-corrected chi connectivity index (χ1v) is 8.27. The molecule has 0 bridgehead atoms. The van der Waals surface area contributed by atoms with Gasteiger partial charge in [0.25, 0.3) is 5.91 Å². The van der Waals surface area contributed by atoms with E-state index in [0.717, 1.165) is 24.2 Å². The second-order valence-electron chi connectivity index (χ2n) is 5.10. The van der Waals surface area contributed by atoms with Gasteiger partial charge >= 0.3 is 0 Å². The number of hydrogen-bond acceptors (Lipinski definition) is 3. The van der Waals surface area contributed by atoms with E-state index < -0.39 is 0 Å². The third kappa shape index (κ3) is 5.41. The van der Waals surface area contributed by atoms with Crippen LogP contribution in [0.1, 0.15) is 29.4 Å². The molecular weight excluding hydrogens is 333 g/mol. The summed E-state index contributed by atoms with van der Waals surface area (Å²) < 4.78 is 0. The van der Waals surface area contributed by atoms with Gasteiger partial charge in [-0.3, -0.25) is 4.79 Å². The number of pyridine rings is 1. The summed E-state index contributed by atoms with van der Waals surface area (Å²) in [6, 6.07) is 8.91. The van der Waals surface area contributed by atoms with Gasteiger partial charge in [-0.15, -0.1) is 0 Å². The molecule has 0 spiro atoms. The van der Waals surface area contributed by atoms with Crippen LogP contribution in [-0.4, -0.2) is 24.0 Å². The normalized spacial score (nSPS) is 10.4. The fraction of sp³-hybridized carbons (Fsp3) is 0.294. The zero-order valence-corrected chi connectivity index (χ0v) is 14.4. The van der Waals surface area contributed by atoms with E-state index in [4.69, 9.17) is 23.2 Å². The SMILES string of the molecule is CCCNc1ccc(C(=O)NCCc2ccc(Cl)cc2Cl)nc1. The molecule has 0 radical (unpaired) electrons. The molecule has 0 fully saturated rings. The predicted octanol–water partition coefficient (Wildman–Crippen LogP) is 4.18. The van der Waals surface area contributed by atoms with Crippen molar-refractivity contribution in [2.75, 3.05) is 18.4 Å². The van der Waals surface area contributed by atoms with E-state index in [9.17, 15) is 4.79 Å². The fourth-order valence-electron chi connectivity index (χ4n) is 2.03. The van der Waals surface area contributed by atoms with Crippen molar-refractivity contribution in [1.29, 1.82) is 0 Å². The number of amides is 1. The van der Waals surface area contributed by atoms with Crippen LogP contribution in [0, 0.1) is 0 Å². The summed E-state index contributed by atoms with van der Waals surface area (Å²) in [5.74, 6) is -0.197. The molecule has 1 aromatic carbocycles. The third-order valence-corrected chi connectivity index (χ3v) is 3.86. The molecule has 0 atom stereocenters. The predicted molar refractivity (Wildman–Crippen MR) is 95.5 cm³/mol. The van der Waals surface area contributed by atoms with Crippen LogP contribution in [0.15, 0.2) is 36.5 Å². The summed E-state index contributed by atoms with van der Waals surface area (Å²) in [4.78, 5) is 16.2. The maximum atomic E-state index is 12.1. The maximum Gasteiger partial charge on any atom is 0.269 e. The quantitative estimate of drug-likeness (QED) is 0.786. The van der Waals surface area contributed by atoms with Gasteiger partial charge in [-0.05, 0) is 42.7 Å². The Morgan fingerprint density at radius 1 is 1.17 bits per heavy atom. The molecule has 1 heterocycles. The van der Waals surface area contributed by atoms with Crippen LogP contribution >= 0.6 is 23.2 Å². The molecule has 0 saturated carbocycles. The van der Waals surface area contributed by atoms with Crippen molar-refractivity contribution < 1.29 is 4.79 Å². The van der Waals surface area contributed by atoms with E-state index in [1.54, 1.807) is 24.4 Å². The molecule has 23 heavy (non-hydrogen) atoms. The highest BCUT2D eigenvalue weighted by Crippen LogP contribution is 2.21. The monoisotopic (exact) mass is 351 g/mol. The van der Waals surface area contributed by atoms with E-state index >= 15 is 0 Å². The Kier molecular flexibility index (Phi) is 6.68. The van der Waals surface area contributed by atoms with Crippen molar-refractivity contribution in [3.63, 3.8) is 0 Å². The van der Waals surface area contributed by atoms with Crippen LogP contribution in [0.2, 0.25) is 10.0 Å². The minimum atomic E-state index is -0.197. The van der Waals surface area contributed by atoms with Gasteiger partial charge in [0.1, 0.15) is 5.69 Å². The van der Waals surface area contributed by atoms with E-state index in [2.05, 4.69) is 22.5 Å².